The van der Waals surface area contributed by atoms with E-state index in [9.17, 15) is 18.4 Å². The average Bonchev–Trinajstić information content (AvgIpc) is 2.57. The van der Waals surface area contributed by atoms with Crippen molar-refractivity contribution in [3.8, 4) is 0 Å². The van der Waals surface area contributed by atoms with E-state index in [1.807, 2.05) is 30.3 Å². The number of halogens is 2. The zero-order chi connectivity index (χ0) is 17.4. The number of carbonyl (C=O) groups is 2. The Bertz CT molecular complexity index is 711. The summed E-state index contributed by atoms with van der Waals surface area (Å²) in [4.78, 5) is 24.5. The van der Waals surface area contributed by atoms with Crippen LogP contribution in [0.2, 0.25) is 0 Å². The number of nitrogens with one attached hydrogen (secondary N) is 2. The number of thioether (sulfide) groups is 1. The van der Waals surface area contributed by atoms with Gasteiger partial charge in [-0.05, 0) is 24.3 Å². The predicted molar refractivity (Wildman–Crippen MR) is 88.9 cm³/mol. The third kappa shape index (κ3) is 5.66. The van der Waals surface area contributed by atoms with E-state index in [0.717, 1.165) is 17.0 Å². The normalized spacial score (nSPS) is 10.2. The molecule has 0 saturated carbocycles. The number of hydrogen-bond acceptors (Lipinski definition) is 3. The van der Waals surface area contributed by atoms with Gasteiger partial charge in [-0.3, -0.25) is 9.59 Å². The Morgan fingerprint density at radius 3 is 2.46 bits per heavy atom. The van der Waals surface area contributed by atoms with Crippen molar-refractivity contribution >= 4 is 23.6 Å². The Labute approximate surface area is 142 Å². The predicted octanol–water partition coefficient (Wildman–Crippen LogP) is 2.60. The van der Waals surface area contributed by atoms with Gasteiger partial charge in [-0.25, -0.2) is 8.78 Å². The second kappa shape index (κ2) is 9.02. The van der Waals surface area contributed by atoms with Crippen LogP contribution in [0, 0.1) is 11.6 Å². The maximum atomic E-state index is 13.4. The van der Waals surface area contributed by atoms with Crippen molar-refractivity contribution in [3.63, 3.8) is 0 Å². The Morgan fingerprint density at radius 1 is 1.00 bits per heavy atom. The zero-order valence-electron chi connectivity index (χ0n) is 12.7. The van der Waals surface area contributed by atoms with E-state index in [0.29, 0.717) is 18.4 Å². The SMILES string of the molecule is O=C(CNC(=O)c1ccc(F)cc1F)NCCSc1ccccc1. The molecule has 0 radical (unpaired) electrons. The van der Waals surface area contributed by atoms with Gasteiger partial charge in [0.1, 0.15) is 11.6 Å². The lowest BCUT2D eigenvalue weighted by molar-refractivity contribution is -0.120. The molecule has 2 aromatic rings. The van der Waals surface area contributed by atoms with Crippen molar-refractivity contribution in [2.45, 2.75) is 4.90 Å². The molecule has 0 bridgehead atoms. The summed E-state index contributed by atoms with van der Waals surface area (Å²) >= 11 is 1.60. The molecule has 0 saturated heterocycles. The molecule has 2 N–H and O–H groups in total. The quantitative estimate of drug-likeness (QED) is 0.596. The monoisotopic (exact) mass is 350 g/mol. The Kier molecular flexibility index (Phi) is 6.74. The molecular weight excluding hydrogens is 334 g/mol. The summed E-state index contributed by atoms with van der Waals surface area (Å²) in [6, 6.07) is 12.4. The van der Waals surface area contributed by atoms with Gasteiger partial charge in [0, 0.05) is 23.3 Å². The van der Waals surface area contributed by atoms with Crippen LogP contribution in [-0.2, 0) is 4.79 Å². The summed E-state index contributed by atoms with van der Waals surface area (Å²) in [5.74, 6) is -2.18. The van der Waals surface area contributed by atoms with Crippen LogP contribution in [0.25, 0.3) is 0 Å². The molecule has 0 aliphatic carbocycles. The fourth-order valence-corrected chi connectivity index (χ4v) is 2.66. The summed E-state index contributed by atoms with van der Waals surface area (Å²) in [6.45, 7) is 0.171. The summed E-state index contributed by atoms with van der Waals surface area (Å²) in [5.41, 5.74) is -0.302. The van der Waals surface area contributed by atoms with Crippen LogP contribution in [0.15, 0.2) is 53.4 Å². The molecule has 0 aliphatic rings. The molecule has 0 aliphatic heterocycles. The summed E-state index contributed by atoms with van der Waals surface area (Å²) in [5, 5.41) is 4.95. The second-order valence-electron chi connectivity index (χ2n) is 4.82. The molecule has 0 atom stereocenters. The Balaban J connectivity index is 1.68. The van der Waals surface area contributed by atoms with E-state index < -0.39 is 17.5 Å². The number of hydrogen-bond donors (Lipinski definition) is 2. The molecular formula is C17H16F2N2O2S. The number of rotatable bonds is 7. The van der Waals surface area contributed by atoms with Crippen LogP contribution in [-0.4, -0.2) is 30.7 Å². The highest BCUT2D eigenvalue weighted by atomic mass is 32.2. The smallest absolute Gasteiger partial charge is 0.254 e. The van der Waals surface area contributed by atoms with Crippen molar-refractivity contribution in [3.05, 3.63) is 65.7 Å². The molecule has 0 unspecified atom stereocenters. The van der Waals surface area contributed by atoms with Gasteiger partial charge in [-0.1, -0.05) is 18.2 Å². The minimum atomic E-state index is -0.966. The first kappa shape index (κ1) is 17.9. The molecule has 0 aromatic heterocycles. The molecule has 2 rings (SSSR count). The lowest BCUT2D eigenvalue weighted by Crippen LogP contribution is -2.38. The molecule has 2 aromatic carbocycles. The van der Waals surface area contributed by atoms with E-state index in [1.165, 1.54) is 0 Å². The Morgan fingerprint density at radius 2 is 1.75 bits per heavy atom. The van der Waals surface area contributed by atoms with E-state index in [1.54, 1.807) is 11.8 Å². The van der Waals surface area contributed by atoms with Gasteiger partial charge in [-0.2, -0.15) is 0 Å². The van der Waals surface area contributed by atoms with E-state index in [-0.39, 0.29) is 18.0 Å². The fourth-order valence-electron chi connectivity index (χ4n) is 1.87. The maximum Gasteiger partial charge on any atom is 0.254 e. The number of benzene rings is 2. The molecule has 0 spiro atoms. The fraction of sp³-hybridized carbons (Fsp3) is 0.176. The third-order valence-corrected chi connectivity index (χ3v) is 4.04. The summed E-state index contributed by atoms with van der Waals surface area (Å²) in [6.07, 6.45) is 0. The molecule has 0 heterocycles. The highest BCUT2D eigenvalue weighted by Crippen LogP contribution is 2.15. The second-order valence-corrected chi connectivity index (χ2v) is 5.99. The lowest BCUT2D eigenvalue weighted by Gasteiger charge is -2.07. The first-order valence-corrected chi connectivity index (χ1v) is 8.22. The standard InChI is InChI=1S/C17H16F2N2O2S/c18-12-6-7-14(15(19)10-12)17(23)21-11-16(22)20-8-9-24-13-4-2-1-3-5-13/h1-7,10H,8-9,11H2,(H,20,22)(H,21,23). The lowest BCUT2D eigenvalue weighted by atomic mass is 10.2. The van der Waals surface area contributed by atoms with Crippen LogP contribution in [0.1, 0.15) is 10.4 Å². The van der Waals surface area contributed by atoms with Gasteiger partial charge in [0.25, 0.3) is 5.91 Å². The summed E-state index contributed by atoms with van der Waals surface area (Å²) < 4.78 is 26.2. The molecule has 0 fully saturated rings. The van der Waals surface area contributed by atoms with Crippen molar-refractivity contribution in [1.29, 1.82) is 0 Å². The van der Waals surface area contributed by atoms with Crippen molar-refractivity contribution < 1.29 is 18.4 Å². The van der Waals surface area contributed by atoms with Crippen molar-refractivity contribution in [2.75, 3.05) is 18.8 Å². The van der Waals surface area contributed by atoms with Crippen LogP contribution in [0.3, 0.4) is 0 Å². The first-order chi connectivity index (χ1) is 11.6. The molecule has 7 heteroatoms. The van der Waals surface area contributed by atoms with E-state index >= 15 is 0 Å². The zero-order valence-corrected chi connectivity index (χ0v) is 13.5. The summed E-state index contributed by atoms with van der Waals surface area (Å²) in [7, 11) is 0. The van der Waals surface area contributed by atoms with Gasteiger partial charge in [-0.15, -0.1) is 11.8 Å². The van der Waals surface area contributed by atoms with Crippen molar-refractivity contribution in [2.24, 2.45) is 0 Å². The van der Waals surface area contributed by atoms with Crippen LogP contribution in [0.5, 0.6) is 0 Å². The van der Waals surface area contributed by atoms with Gasteiger partial charge < -0.3 is 10.6 Å². The van der Waals surface area contributed by atoms with Crippen LogP contribution in [0.4, 0.5) is 8.78 Å². The highest BCUT2D eigenvalue weighted by Gasteiger charge is 2.13. The Hall–Kier alpha value is -2.41. The largest absolute Gasteiger partial charge is 0.354 e. The third-order valence-electron chi connectivity index (χ3n) is 3.02. The number of carbonyl (C=O) groups excluding carboxylic acids is 2. The van der Waals surface area contributed by atoms with Crippen LogP contribution < -0.4 is 10.6 Å². The topological polar surface area (TPSA) is 58.2 Å². The van der Waals surface area contributed by atoms with E-state index in [4.69, 9.17) is 0 Å². The molecule has 126 valence electrons. The molecule has 2 amide bonds. The molecule has 24 heavy (non-hydrogen) atoms. The molecule has 4 nitrogen and oxygen atoms in total. The van der Waals surface area contributed by atoms with Gasteiger partial charge in [0.2, 0.25) is 5.91 Å². The van der Waals surface area contributed by atoms with Gasteiger partial charge >= 0.3 is 0 Å². The minimum Gasteiger partial charge on any atom is -0.354 e. The first-order valence-electron chi connectivity index (χ1n) is 7.24. The van der Waals surface area contributed by atoms with Crippen molar-refractivity contribution in [1.82, 2.24) is 10.6 Å². The maximum absolute atomic E-state index is 13.4. The van der Waals surface area contributed by atoms with Gasteiger partial charge in [0.15, 0.2) is 0 Å². The highest BCUT2D eigenvalue weighted by molar-refractivity contribution is 7.99. The van der Waals surface area contributed by atoms with Crippen LogP contribution >= 0.6 is 11.8 Å². The average molecular weight is 350 g/mol. The number of amides is 2. The van der Waals surface area contributed by atoms with E-state index in [2.05, 4.69) is 10.6 Å². The minimum absolute atomic E-state index is 0.272. The van der Waals surface area contributed by atoms with Gasteiger partial charge in [0.05, 0.1) is 12.1 Å².